The topological polar surface area (TPSA) is 143 Å². The van der Waals surface area contributed by atoms with Crippen LogP contribution in [-0.4, -0.2) is 76.3 Å². The number of esters is 2. The summed E-state index contributed by atoms with van der Waals surface area (Å²) < 4.78 is 16.2. The van der Waals surface area contributed by atoms with Crippen molar-refractivity contribution in [3.63, 3.8) is 0 Å². The molecule has 1 rings (SSSR count). The molecule has 54 heavy (non-hydrogen) atoms. The molecule has 316 valence electrons. The van der Waals surface area contributed by atoms with E-state index in [1.54, 1.807) is 12.2 Å². The number of aliphatic hydroxyl groups excluding tert-OH is 4. The number of allylic oxidation sites excluding steroid dienone is 2. The minimum Gasteiger partial charge on any atom is -0.462 e. The lowest BCUT2D eigenvalue weighted by atomic mass is 9.87. The molecule has 4 N–H and O–H groups in total. The molecule has 0 amide bonds. The summed E-state index contributed by atoms with van der Waals surface area (Å²) in [7, 11) is 0. The summed E-state index contributed by atoms with van der Waals surface area (Å²) in [6.45, 7) is 6.17. The lowest BCUT2D eigenvalue weighted by Gasteiger charge is -2.36. The first kappa shape index (κ1) is 50.2. The van der Waals surface area contributed by atoms with Crippen molar-refractivity contribution in [2.75, 3.05) is 13.2 Å². The van der Waals surface area contributed by atoms with Crippen molar-refractivity contribution in [2.45, 2.75) is 225 Å². The second kappa shape index (κ2) is 34.5. The molecule has 0 aliphatic carbocycles. The quantitative estimate of drug-likeness (QED) is 0.0282. The second-order valence-electron chi connectivity index (χ2n) is 16.1. The Morgan fingerprint density at radius 1 is 0.741 bits per heavy atom. The molecular weight excluding hydrogens is 684 g/mol. The first-order valence-corrected chi connectivity index (χ1v) is 22.1. The van der Waals surface area contributed by atoms with E-state index in [2.05, 4.69) is 20.8 Å². The third-order valence-electron chi connectivity index (χ3n) is 10.5. The van der Waals surface area contributed by atoms with Gasteiger partial charge in [0.15, 0.2) is 12.4 Å². The van der Waals surface area contributed by atoms with E-state index < -0.39 is 43.3 Å². The lowest BCUT2D eigenvalue weighted by Crippen LogP contribution is -2.43. The van der Waals surface area contributed by atoms with Gasteiger partial charge in [-0.25, -0.2) is 0 Å². The van der Waals surface area contributed by atoms with E-state index in [-0.39, 0.29) is 31.3 Å². The highest BCUT2D eigenvalue weighted by Gasteiger charge is 2.35. The fourth-order valence-corrected chi connectivity index (χ4v) is 7.01. The zero-order valence-corrected chi connectivity index (χ0v) is 34.7. The maximum absolute atomic E-state index is 12.3. The van der Waals surface area contributed by atoms with Crippen LogP contribution in [0.15, 0.2) is 24.3 Å². The summed E-state index contributed by atoms with van der Waals surface area (Å²) in [5.74, 6) is -0.194. The number of ether oxygens (including phenoxy) is 3. The van der Waals surface area contributed by atoms with Crippen LogP contribution in [0.4, 0.5) is 0 Å². The van der Waals surface area contributed by atoms with E-state index in [0.717, 1.165) is 44.4 Å². The van der Waals surface area contributed by atoms with Crippen molar-refractivity contribution >= 4 is 11.9 Å². The van der Waals surface area contributed by atoms with Crippen LogP contribution in [-0.2, 0) is 23.8 Å². The monoisotopic (exact) mass is 767 g/mol. The van der Waals surface area contributed by atoms with E-state index in [0.29, 0.717) is 32.1 Å². The molecule has 0 aromatic heterocycles. The number of unbranched alkanes of at least 4 members (excludes halogenated alkanes) is 18. The van der Waals surface area contributed by atoms with Crippen molar-refractivity contribution in [1.29, 1.82) is 0 Å². The standard InChI is InChI=1S/C45H82O9/c1-4-5-22-28-38(47)32-33-42-40(41(48)34-45(51)54-42)29-24-20-21-25-30-43(49)52-36-39(35-46)53-44(50)31-26-19-17-15-13-11-9-7-6-8-10-12-14-16-18-23-27-37(2)3/h20,24,32-33,37-42,45-48,51H,4-19,21-23,25-31,34-36H2,1-3H3/b24-20-,33-32+/t38-,39-,40-,41-,42+,45?/m0/s1. The van der Waals surface area contributed by atoms with Crippen molar-refractivity contribution in [2.24, 2.45) is 11.8 Å². The molecule has 1 unspecified atom stereocenters. The number of hydrogen-bond acceptors (Lipinski definition) is 9. The van der Waals surface area contributed by atoms with Gasteiger partial charge in [0.05, 0.1) is 24.9 Å². The van der Waals surface area contributed by atoms with Gasteiger partial charge in [-0.15, -0.1) is 0 Å². The van der Waals surface area contributed by atoms with Crippen LogP contribution in [0.25, 0.3) is 0 Å². The molecule has 0 radical (unpaired) electrons. The Bertz CT molecular complexity index is 951. The van der Waals surface area contributed by atoms with Crippen LogP contribution in [0, 0.1) is 11.8 Å². The minimum absolute atomic E-state index is 0.136. The smallest absolute Gasteiger partial charge is 0.306 e. The number of rotatable bonds is 35. The van der Waals surface area contributed by atoms with Crippen LogP contribution < -0.4 is 0 Å². The third kappa shape index (κ3) is 28.6. The Labute approximate surface area is 329 Å². The molecule has 0 bridgehead atoms. The molecule has 9 heteroatoms. The third-order valence-corrected chi connectivity index (χ3v) is 10.5. The molecule has 1 aliphatic heterocycles. The average molecular weight is 767 g/mol. The number of carbonyl (C=O) groups excluding carboxylic acids is 2. The largest absolute Gasteiger partial charge is 0.462 e. The zero-order chi connectivity index (χ0) is 39.7. The van der Waals surface area contributed by atoms with Crippen LogP contribution in [0.5, 0.6) is 0 Å². The Hall–Kier alpha value is -1.78. The highest BCUT2D eigenvalue weighted by atomic mass is 16.6. The molecule has 0 saturated carbocycles. The molecule has 6 atom stereocenters. The van der Waals surface area contributed by atoms with E-state index in [1.165, 1.54) is 89.9 Å². The fraction of sp³-hybridized carbons (Fsp3) is 0.867. The maximum Gasteiger partial charge on any atom is 0.306 e. The predicted molar refractivity (Wildman–Crippen MR) is 218 cm³/mol. The van der Waals surface area contributed by atoms with Gasteiger partial charge < -0.3 is 34.6 Å². The highest BCUT2D eigenvalue weighted by Crippen LogP contribution is 2.29. The summed E-state index contributed by atoms with van der Waals surface area (Å²) in [5.41, 5.74) is 0. The van der Waals surface area contributed by atoms with Crippen molar-refractivity contribution in [3.8, 4) is 0 Å². The van der Waals surface area contributed by atoms with Gasteiger partial charge in [0.25, 0.3) is 0 Å². The molecular formula is C45H82O9. The molecule has 1 fully saturated rings. The minimum atomic E-state index is -1.05. The SMILES string of the molecule is CCCCC[C@H](O)/C=C/[C@H]1OC(O)C[C@H](O)[C@@H]1C/C=C\CCCC(=O)OC[C@H](CO)OC(=O)CCCCCCCCCCCCCCCCCCC(C)C. The molecule has 0 aromatic rings. The van der Waals surface area contributed by atoms with Crippen molar-refractivity contribution < 1.29 is 44.2 Å². The average Bonchev–Trinajstić information content (AvgIpc) is 3.13. The molecule has 0 aromatic carbocycles. The molecule has 1 heterocycles. The number of carbonyl (C=O) groups is 2. The molecule has 0 spiro atoms. The van der Waals surface area contributed by atoms with Gasteiger partial charge >= 0.3 is 11.9 Å². The van der Waals surface area contributed by atoms with Crippen LogP contribution >= 0.6 is 0 Å². The second-order valence-corrected chi connectivity index (χ2v) is 16.1. The van der Waals surface area contributed by atoms with E-state index in [1.807, 2.05) is 12.2 Å². The Balaban J connectivity index is 2.08. The van der Waals surface area contributed by atoms with E-state index in [9.17, 15) is 30.0 Å². The number of hydrogen-bond donors (Lipinski definition) is 4. The van der Waals surface area contributed by atoms with Gasteiger partial charge in [-0.1, -0.05) is 167 Å². The summed E-state index contributed by atoms with van der Waals surface area (Å²) in [4.78, 5) is 24.5. The maximum atomic E-state index is 12.3. The Kier molecular flexibility index (Phi) is 32.1. The van der Waals surface area contributed by atoms with Crippen molar-refractivity contribution in [3.05, 3.63) is 24.3 Å². The first-order chi connectivity index (χ1) is 26.2. The summed E-state index contributed by atoms with van der Waals surface area (Å²) >= 11 is 0. The van der Waals surface area contributed by atoms with E-state index >= 15 is 0 Å². The van der Waals surface area contributed by atoms with Gasteiger partial charge in [-0.3, -0.25) is 9.59 Å². The molecule has 9 nitrogen and oxygen atoms in total. The summed E-state index contributed by atoms with van der Waals surface area (Å²) in [6.07, 6.45) is 31.5. The summed E-state index contributed by atoms with van der Waals surface area (Å²) in [6, 6.07) is 0. The molecule has 1 saturated heterocycles. The van der Waals surface area contributed by atoms with Crippen LogP contribution in [0.3, 0.4) is 0 Å². The zero-order valence-electron chi connectivity index (χ0n) is 34.7. The predicted octanol–water partition coefficient (Wildman–Crippen LogP) is 9.81. The first-order valence-electron chi connectivity index (χ1n) is 22.1. The Morgan fingerprint density at radius 3 is 1.87 bits per heavy atom. The fourth-order valence-electron chi connectivity index (χ4n) is 7.01. The van der Waals surface area contributed by atoms with Gasteiger partial charge in [-0.05, 0) is 38.0 Å². The number of aliphatic hydroxyl groups is 4. The van der Waals surface area contributed by atoms with E-state index in [4.69, 9.17) is 14.2 Å². The van der Waals surface area contributed by atoms with Crippen LogP contribution in [0.2, 0.25) is 0 Å². The van der Waals surface area contributed by atoms with Crippen LogP contribution in [0.1, 0.15) is 194 Å². The van der Waals surface area contributed by atoms with Gasteiger partial charge in [0.1, 0.15) is 6.61 Å². The van der Waals surface area contributed by atoms with Gasteiger partial charge in [-0.2, -0.15) is 0 Å². The van der Waals surface area contributed by atoms with Gasteiger partial charge in [0.2, 0.25) is 0 Å². The lowest BCUT2D eigenvalue weighted by molar-refractivity contribution is -0.199. The highest BCUT2D eigenvalue weighted by molar-refractivity contribution is 5.70. The molecule has 1 aliphatic rings. The Morgan fingerprint density at radius 2 is 1.30 bits per heavy atom. The summed E-state index contributed by atoms with van der Waals surface area (Å²) in [5, 5.41) is 40.4. The van der Waals surface area contributed by atoms with Gasteiger partial charge in [0, 0.05) is 25.2 Å². The normalized spacial score (nSPS) is 20.2. The van der Waals surface area contributed by atoms with Crippen molar-refractivity contribution in [1.82, 2.24) is 0 Å².